The summed E-state index contributed by atoms with van der Waals surface area (Å²) in [4.78, 5) is 28.9. The van der Waals surface area contributed by atoms with Crippen LogP contribution in [-0.2, 0) is 6.54 Å². The third-order valence-electron chi connectivity index (χ3n) is 4.49. The van der Waals surface area contributed by atoms with Crippen molar-refractivity contribution in [2.75, 3.05) is 37.3 Å². The van der Waals surface area contributed by atoms with Crippen LogP contribution in [0.2, 0.25) is 0 Å². The number of nitrogens with one attached hydrogen (secondary N) is 1. The first-order valence-electron chi connectivity index (χ1n) is 8.93. The molecule has 28 heavy (non-hydrogen) atoms. The predicted molar refractivity (Wildman–Crippen MR) is 117 cm³/mol. The fraction of sp³-hybridized carbons (Fsp3) is 0.421. The highest BCUT2D eigenvalue weighted by Crippen LogP contribution is 2.15. The highest BCUT2D eigenvalue weighted by atomic mass is 35.5. The number of halogens is 2. The first kappa shape index (κ1) is 23.9. The molecule has 0 bridgehead atoms. The Labute approximate surface area is 176 Å². The number of nitrogen functional groups attached to an aromatic ring is 1. The maximum Gasteiger partial charge on any atom is 0.253 e. The van der Waals surface area contributed by atoms with E-state index in [0.29, 0.717) is 19.0 Å². The van der Waals surface area contributed by atoms with E-state index in [1.165, 1.54) is 24.8 Å². The van der Waals surface area contributed by atoms with Gasteiger partial charge in [0, 0.05) is 25.4 Å². The summed E-state index contributed by atoms with van der Waals surface area (Å²) in [5.41, 5.74) is 5.69. The minimum atomic E-state index is -0.615. The highest BCUT2D eigenvalue weighted by molar-refractivity contribution is 5.85. The van der Waals surface area contributed by atoms with E-state index in [1.54, 1.807) is 6.20 Å². The lowest BCUT2D eigenvalue weighted by Crippen LogP contribution is -2.37. The molecular weight excluding hydrogens is 403 g/mol. The molecule has 1 saturated heterocycles. The van der Waals surface area contributed by atoms with Gasteiger partial charge in [0.1, 0.15) is 18.0 Å². The molecule has 0 radical (unpaired) electrons. The van der Waals surface area contributed by atoms with Crippen molar-refractivity contribution in [1.29, 1.82) is 0 Å². The summed E-state index contributed by atoms with van der Waals surface area (Å²) in [6.07, 6.45) is 9.29. The van der Waals surface area contributed by atoms with Gasteiger partial charge >= 0.3 is 0 Å². The molecule has 7 nitrogen and oxygen atoms in total. The van der Waals surface area contributed by atoms with Gasteiger partial charge in [-0.25, -0.2) is 4.98 Å². The number of nitrogens with zero attached hydrogens (tertiary/aromatic N) is 2. The molecule has 1 aromatic heterocycles. The number of likely N-dealkylation sites (tertiary alicyclic amines) is 1. The maximum atomic E-state index is 11.2. The SMILES string of the molecule is Cl.Cl.Nc1c(NC/C=C\COc2cc(CN3CCCCC3)ccn2)c(=O)c1=O. The van der Waals surface area contributed by atoms with E-state index < -0.39 is 10.9 Å². The summed E-state index contributed by atoms with van der Waals surface area (Å²) in [7, 11) is 0. The van der Waals surface area contributed by atoms with Gasteiger partial charge in [0.15, 0.2) is 0 Å². The van der Waals surface area contributed by atoms with Crippen LogP contribution in [0.4, 0.5) is 11.4 Å². The second-order valence-electron chi connectivity index (χ2n) is 6.45. The molecule has 1 aromatic carbocycles. The lowest BCUT2D eigenvalue weighted by Gasteiger charge is -2.26. The van der Waals surface area contributed by atoms with Crippen LogP contribution in [-0.4, -0.2) is 36.1 Å². The van der Waals surface area contributed by atoms with Gasteiger partial charge in [-0.1, -0.05) is 12.5 Å². The molecule has 0 saturated carbocycles. The van der Waals surface area contributed by atoms with Crippen LogP contribution in [0.3, 0.4) is 0 Å². The predicted octanol–water partition coefficient (Wildman–Crippen LogP) is 2.14. The molecule has 154 valence electrons. The van der Waals surface area contributed by atoms with Crippen LogP contribution in [0.15, 0.2) is 40.1 Å². The van der Waals surface area contributed by atoms with E-state index in [0.717, 1.165) is 19.6 Å². The van der Waals surface area contributed by atoms with Crippen molar-refractivity contribution in [3.8, 4) is 5.88 Å². The summed E-state index contributed by atoms with van der Waals surface area (Å²) in [6, 6.07) is 4.00. The van der Waals surface area contributed by atoms with Crippen molar-refractivity contribution in [3.05, 3.63) is 56.5 Å². The summed E-state index contributed by atoms with van der Waals surface area (Å²) < 4.78 is 5.64. The number of hydrogen-bond acceptors (Lipinski definition) is 7. The standard InChI is InChI=1S/C19H24N4O3.2ClH/c20-16-17(19(25)18(16)24)22-7-2-5-11-26-15-12-14(6-8-21-15)13-23-9-3-1-4-10-23;;/h2,5-6,8,12,22H,1,3-4,7,9-11,13,20H2;2*1H/b5-2-;;. The van der Waals surface area contributed by atoms with E-state index in [-0.39, 0.29) is 36.2 Å². The second kappa shape index (κ2) is 11.7. The Kier molecular flexibility index (Phi) is 9.99. The molecule has 0 unspecified atom stereocenters. The van der Waals surface area contributed by atoms with Crippen molar-refractivity contribution < 1.29 is 4.74 Å². The van der Waals surface area contributed by atoms with Crippen molar-refractivity contribution >= 4 is 36.2 Å². The van der Waals surface area contributed by atoms with Crippen molar-refractivity contribution in [2.24, 2.45) is 0 Å². The van der Waals surface area contributed by atoms with Gasteiger partial charge in [0.2, 0.25) is 5.88 Å². The zero-order chi connectivity index (χ0) is 18.4. The third kappa shape index (κ3) is 6.22. The molecular formula is C19H26Cl2N4O3. The zero-order valence-electron chi connectivity index (χ0n) is 15.6. The normalized spacial score (nSPS) is 14.4. The zero-order valence-corrected chi connectivity index (χ0v) is 17.2. The van der Waals surface area contributed by atoms with Gasteiger partial charge in [0.25, 0.3) is 10.9 Å². The Balaban J connectivity index is 0.00000196. The Morgan fingerprint density at radius 1 is 1.14 bits per heavy atom. The lowest BCUT2D eigenvalue weighted by atomic mass is 10.1. The van der Waals surface area contributed by atoms with E-state index in [9.17, 15) is 9.59 Å². The van der Waals surface area contributed by atoms with E-state index in [4.69, 9.17) is 10.5 Å². The fourth-order valence-corrected chi connectivity index (χ4v) is 3.03. The molecule has 0 amide bonds. The summed E-state index contributed by atoms with van der Waals surface area (Å²) >= 11 is 0. The molecule has 3 N–H and O–H groups in total. The monoisotopic (exact) mass is 428 g/mol. The number of piperidine rings is 1. The number of aromatic nitrogens is 1. The largest absolute Gasteiger partial charge is 0.473 e. The van der Waals surface area contributed by atoms with Crippen molar-refractivity contribution in [2.45, 2.75) is 25.8 Å². The number of anilines is 2. The summed E-state index contributed by atoms with van der Waals surface area (Å²) in [5.74, 6) is 0.601. The Morgan fingerprint density at radius 3 is 2.61 bits per heavy atom. The first-order chi connectivity index (χ1) is 12.6. The van der Waals surface area contributed by atoms with Gasteiger partial charge in [-0.3, -0.25) is 14.5 Å². The van der Waals surface area contributed by atoms with Gasteiger partial charge in [-0.2, -0.15) is 0 Å². The molecule has 0 spiro atoms. The lowest BCUT2D eigenvalue weighted by molar-refractivity contribution is 0.220. The Bertz CT molecular complexity index is 844. The van der Waals surface area contributed by atoms with Crippen molar-refractivity contribution in [3.63, 3.8) is 0 Å². The summed E-state index contributed by atoms with van der Waals surface area (Å²) in [6.45, 7) is 4.03. The molecule has 0 atom stereocenters. The van der Waals surface area contributed by atoms with Crippen LogP contribution >= 0.6 is 24.8 Å². The van der Waals surface area contributed by atoms with Crippen LogP contribution in [0.25, 0.3) is 0 Å². The van der Waals surface area contributed by atoms with Gasteiger partial charge < -0.3 is 15.8 Å². The molecule has 3 rings (SSSR count). The summed E-state index contributed by atoms with van der Waals surface area (Å²) in [5, 5.41) is 2.82. The Hall–Kier alpha value is -2.09. The number of pyridine rings is 1. The average Bonchev–Trinajstić information content (AvgIpc) is 2.67. The number of rotatable bonds is 8. The van der Waals surface area contributed by atoms with E-state index >= 15 is 0 Å². The van der Waals surface area contributed by atoms with Gasteiger partial charge in [0.05, 0.1) is 0 Å². The maximum absolute atomic E-state index is 11.2. The van der Waals surface area contributed by atoms with Crippen LogP contribution in [0.5, 0.6) is 5.88 Å². The number of hydrogen-bond donors (Lipinski definition) is 2. The topological polar surface area (TPSA) is 97.6 Å². The highest BCUT2D eigenvalue weighted by Gasteiger charge is 2.16. The molecule has 1 aliphatic heterocycles. The number of ether oxygens (including phenoxy) is 1. The number of nitrogens with two attached hydrogens (primary N) is 1. The molecule has 1 fully saturated rings. The fourth-order valence-electron chi connectivity index (χ4n) is 3.03. The van der Waals surface area contributed by atoms with Gasteiger partial charge in [-0.15, -0.1) is 24.8 Å². The smallest absolute Gasteiger partial charge is 0.253 e. The minimum Gasteiger partial charge on any atom is -0.473 e. The molecule has 2 heterocycles. The van der Waals surface area contributed by atoms with Crippen LogP contribution < -0.4 is 26.6 Å². The molecule has 1 aliphatic rings. The first-order valence-corrected chi connectivity index (χ1v) is 8.93. The van der Waals surface area contributed by atoms with E-state index in [1.807, 2.05) is 24.3 Å². The average molecular weight is 429 g/mol. The van der Waals surface area contributed by atoms with Crippen molar-refractivity contribution in [1.82, 2.24) is 9.88 Å². The molecule has 2 aromatic rings. The van der Waals surface area contributed by atoms with Crippen LogP contribution in [0, 0.1) is 0 Å². The van der Waals surface area contributed by atoms with Gasteiger partial charge in [-0.05, 0) is 43.6 Å². The van der Waals surface area contributed by atoms with Crippen LogP contribution in [0.1, 0.15) is 24.8 Å². The third-order valence-corrected chi connectivity index (χ3v) is 4.49. The molecule has 9 heteroatoms. The minimum absolute atomic E-state index is 0. The second-order valence-corrected chi connectivity index (χ2v) is 6.45. The Morgan fingerprint density at radius 2 is 1.89 bits per heavy atom. The molecule has 0 aliphatic carbocycles. The quantitative estimate of drug-likeness (QED) is 0.490. The van der Waals surface area contributed by atoms with E-state index in [2.05, 4.69) is 15.2 Å².